The van der Waals surface area contributed by atoms with Crippen molar-refractivity contribution >= 4 is 0 Å². The molecule has 0 saturated heterocycles. The molecule has 2 rings (SSSR count). The van der Waals surface area contributed by atoms with Crippen LogP contribution in [-0.2, 0) is 0 Å². The summed E-state index contributed by atoms with van der Waals surface area (Å²) in [6, 6.07) is 3.98. The predicted octanol–water partition coefficient (Wildman–Crippen LogP) is 2.28. The molecular formula is C15H20N4O. The Morgan fingerprint density at radius 2 is 2.10 bits per heavy atom. The van der Waals surface area contributed by atoms with Crippen LogP contribution in [0.2, 0.25) is 0 Å². The van der Waals surface area contributed by atoms with Crippen LogP contribution in [0.4, 0.5) is 0 Å². The quantitative estimate of drug-likeness (QED) is 0.874. The van der Waals surface area contributed by atoms with E-state index in [0.717, 1.165) is 29.8 Å². The molecule has 0 aromatic carbocycles. The van der Waals surface area contributed by atoms with Crippen molar-refractivity contribution < 1.29 is 4.74 Å². The van der Waals surface area contributed by atoms with Crippen LogP contribution in [0.5, 0.6) is 5.88 Å². The molecule has 2 aromatic rings. The van der Waals surface area contributed by atoms with Crippen molar-refractivity contribution in [2.75, 3.05) is 13.7 Å². The Morgan fingerprint density at radius 1 is 1.25 bits per heavy atom. The molecule has 0 amide bonds. The van der Waals surface area contributed by atoms with Crippen molar-refractivity contribution in [2.45, 2.75) is 26.3 Å². The maximum absolute atomic E-state index is 5.17. The SMILES string of the molecule is CCCNC(c1cncc(C)c1)c1cc(OC)ncn1. The van der Waals surface area contributed by atoms with E-state index in [1.165, 1.54) is 6.33 Å². The van der Waals surface area contributed by atoms with E-state index in [2.05, 4.69) is 33.3 Å². The van der Waals surface area contributed by atoms with E-state index in [0.29, 0.717) is 5.88 Å². The zero-order valence-electron chi connectivity index (χ0n) is 12.1. The van der Waals surface area contributed by atoms with Crippen molar-refractivity contribution in [1.29, 1.82) is 0 Å². The fraction of sp³-hybridized carbons (Fsp3) is 0.400. The number of hydrogen-bond donors (Lipinski definition) is 1. The molecule has 106 valence electrons. The van der Waals surface area contributed by atoms with Gasteiger partial charge in [0.1, 0.15) is 6.33 Å². The minimum atomic E-state index is -0.000694. The number of hydrogen-bond acceptors (Lipinski definition) is 5. The molecule has 20 heavy (non-hydrogen) atoms. The molecule has 0 aliphatic carbocycles. The lowest BCUT2D eigenvalue weighted by Gasteiger charge is -2.18. The lowest BCUT2D eigenvalue weighted by molar-refractivity contribution is 0.394. The summed E-state index contributed by atoms with van der Waals surface area (Å²) >= 11 is 0. The van der Waals surface area contributed by atoms with Gasteiger partial charge in [0, 0.05) is 18.5 Å². The van der Waals surface area contributed by atoms with Gasteiger partial charge >= 0.3 is 0 Å². The highest BCUT2D eigenvalue weighted by atomic mass is 16.5. The smallest absolute Gasteiger partial charge is 0.216 e. The molecular weight excluding hydrogens is 252 g/mol. The Kier molecular flexibility index (Phi) is 5.01. The fourth-order valence-corrected chi connectivity index (χ4v) is 2.04. The first kappa shape index (κ1) is 14.4. The third kappa shape index (κ3) is 3.51. The summed E-state index contributed by atoms with van der Waals surface area (Å²) in [5, 5.41) is 3.49. The number of methoxy groups -OCH3 is 1. The Bertz CT molecular complexity index is 559. The lowest BCUT2D eigenvalue weighted by atomic mass is 10.0. The van der Waals surface area contributed by atoms with Gasteiger partial charge in [0.15, 0.2) is 0 Å². The van der Waals surface area contributed by atoms with Gasteiger partial charge in [-0.05, 0) is 31.0 Å². The zero-order chi connectivity index (χ0) is 14.4. The van der Waals surface area contributed by atoms with Gasteiger partial charge in [-0.1, -0.05) is 13.0 Å². The number of pyridine rings is 1. The van der Waals surface area contributed by atoms with E-state index in [9.17, 15) is 0 Å². The molecule has 0 radical (unpaired) electrons. The first-order chi connectivity index (χ1) is 9.74. The van der Waals surface area contributed by atoms with Crippen molar-refractivity contribution in [3.05, 3.63) is 47.7 Å². The molecule has 0 bridgehead atoms. The maximum Gasteiger partial charge on any atom is 0.216 e. The van der Waals surface area contributed by atoms with Gasteiger partial charge in [-0.2, -0.15) is 0 Å². The number of aromatic nitrogens is 3. The molecule has 1 N–H and O–H groups in total. The van der Waals surface area contributed by atoms with Crippen LogP contribution in [0.15, 0.2) is 30.9 Å². The second kappa shape index (κ2) is 6.96. The monoisotopic (exact) mass is 272 g/mol. The summed E-state index contributed by atoms with van der Waals surface area (Å²) in [7, 11) is 1.61. The van der Waals surface area contributed by atoms with E-state index < -0.39 is 0 Å². The van der Waals surface area contributed by atoms with Gasteiger partial charge in [-0.25, -0.2) is 9.97 Å². The fourth-order valence-electron chi connectivity index (χ4n) is 2.04. The average Bonchev–Trinajstić information content (AvgIpc) is 2.48. The first-order valence-electron chi connectivity index (χ1n) is 6.75. The highest BCUT2D eigenvalue weighted by molar-refractivity contribution is 5.29. The van der Waals surface area contributed by atoms with Gasteiger partial charge in [-0.15, -0.1) is 0 Å². The molecule has 0 fully saturated rings. The Balaban J connectivity index is 2.35. The summed E-state index contributed by atoms with van der Waals surface area (Å²) in [6.07, 6.45) is 6.30. The zero-order valence-corrected chi connectivity index (χ0v) is 12.1. The Morgan fingerprint density at radius 3 is 2.80 bits per heavy atom. The predicted molar refractivity (Wildman–Crippen MR) is 77.7 cm³/mol. The molecule has 0 saturated carbocycles. The summed E-state index contributed by atoms with van der Waals surface area (Å²) in [5.74, 6) is 0.568. The van der Waals surface area contributed by atoms with Gasteiger partial charge < -0.3 is 10.1 Å². The van der Waals surface area contributed by atoms with Gasteiger partial charge in [0.2, 0.25) is 5.88 Å². The second-order valence-electron chi connectivity index (χ2n) is 4.67. The Hall–Kier alpha value is -2.01. The molecule has 1 atom stereocenters. The summed E-state index contributed by atoms with van der Waals surface area (Å²) < 4.78 is 5.17. The van der Waals surface area contributed by atoms with Gasteiger partial charge in [0.25, 0.3) is 0 Å². The minimum absolute atomic E-state index is 0.000694. The van der Waals surface area contributed by atoms with Crippen LogP contribution in [-0.4, -0.2) is 28.6 Å². The highest BCUT2D eigenvalue weighted by Gasteiger charge is 2.16. The largest absolute Gasteiger partial charge is 0.481 e. The van der Waals surface area contributed by atoms with Crippen molar-refractivity contribution in [2.24, 2.45) is 0 Å². The molecule has 2 heterocycles. The summed E-state index contributed by atoms with van der Waals surface area (Å²) in [5.41, 5.74) is 3.11. The molecule has 0 aliphatic rings. The summed E-state index contributed by atoms with van der Waals surface area (Å²) in [6.45, 7) is 5.08. The molecule has 0 aliphatic heterocycles. The molecule has 0 spiro atoms. The Labute approximate surface area is 119 Å². The third-order valence-electron chi connectivity index (χ3n) is 3.00. The van der Waals surface area contributed by atoms with E-state index in [-0.39, 0.29) is 6.04 Å². The van der Waals surface area contributed by atoms with E-state index in [1.54, 1.807) is 7.11 Å². The standard InChI is InChI=1S/C15H20N4O/c1-4-5-17-15(12-6-11(2)8-16-9-12)13-7-14(20-3)19-10-18-13/h6-10,15,17H,4-5H2,1-3H3. The average molecular weight is 272 g/mol. The van der Waals surface area contributed by atoms with Crippen LogP contribution in [0, 0.1) is 6.92 Å². The number of aryl methyl sites for hydroxylation is 1. The minimum Gasteiger partial charge on any atom is -0.481 e. The van der Waals surface area contributed by atoms with Gasteiger partial charge in [-0.3, -0.25) is 4.98 Å². The third-order valence-corrected chi connectivity index (χ3v) is 3.00. The van der Waals surface area contributed by atoms with Crippen LogP contribution in [0.25, 0.3) is 0 Å². The normalized spacial score (nSPS) is 12.2. The maximum atomic E-state index is 5.17. The van der Waals surface area contributed by atoms with Crippen LogP contribution in [0.1, 0.15) is 36.2 Å². The first-order valence-corrected chi connectivity index (χ1v) is 6.75. The molecule has 5 heteroatoms. The van der Waals surface area contributed by atoms with Crippen LogP contribution >= 0.6 is 0 Å². The number of ether oxygens (including phenoxy) is 1. The molecule has 5 nitrogen and oxygen atoms in total. The summed E-state index contributed by atoms with van der Waals surface area (Å²) in [4.78, 5) is 12.7. The number of nitrogens with zero attached hydrogens (tertiary/aromatic N) is 3. The van der Waals surface area contributed by atoms with Crippen molar-refractivity contribution in [3.63, 3.8) is 0 Å². The number of rotatable bonds is 6. The number of nitrogens with one attached hydrogen (secondary N) is 1. The van der Waals surface area contributed by atoms with Gasteiger partial charge in [0.05, 0.1) is 18.8 Å². The van der Waals surface area contributed by atoms with E-state index >= 15 is 0 Å². The van der Waals surface area contributed by atoms with E-state index in [4.69, 9.17) is 4.74 Å². The lowest BCUT2D eigenvalue weighted by Crippen LogP contribution is -2.24. The van der Waals surface area contributed by atoms with Crippen molar-refractivity contribution in [1.82, 2.24) is 20.3 Å². The van der Waals surface area contributed by atoms with E-state index in [1.807, 2.05) is 25.4 Å². The topological polar surface area (TPSA) is 59.9 Å². The second-order valence-corrected chi connectivity index (χ2v) is 4.67. The molecule has 2 aromatic heterocycles. The van der Waals surface area contributed by atoms with Crippen LogP contribution in [0.3, 0.4) is 0 Å². The molecule has 1 unspecified atom stereocenters. The van der Waals surface area contributed by atoms with Crippen molar-refractivity contribution in [3.8, 4) is 5.88 Å². The van der Waals surface area contributed by atoms with Crippen LogP contribution < -0.4 is 10.1 Å². The highest BCUT2D eigenvalue weighted by Crippen LogP contribution is 2.22.